The van der Waals surface area contributed by atoms with Crippen LogP contribution < -0.4 is 4.74 Å². The van der Waals surface area contributed by atoms with Gasteiger partial charge in [-0.25, -0.2) is 4.98 Å². The number of carbonyl (C=O) groups is 1. The monoisotopic (exact) mass is 487 g/mol. The van der Waals surface area contributed by atoms with Crippen molar-refractivity contribution in [3.05, 3.63) is 71.1 Å². The van der Waals surface area contributed by atoms with E-state index in [9.17, 15) is 18.3 Å². The molecule has 34 heavy (non-hydrogen) atoms. The van der Waals surface area contributed by atoms with E-state index < -0.39 is 28.8 Å². The summed E-state index contributed by atoms with van der Waals surface area (Å²) in [4.78, 5) is 15.9. The van der Waals surface area contributed by atoms with Gasteiger partial charge >= 0.3 is 5.97 Å². The molecule has 0 radical (unpaired) electrons. The average Bonchev–Trinajstić information content (AvgIpc) is 3.16. The van der Waals surface area contributed by atoms with Crippen LogP contribution in [0.5, 0.6) is 5.75 Å². The highest BCUT2D eigenvalue weighted by Gasteiger charge is 2.32. The number of aromatic nitrogens is 1. The van der Waals surface area contributed by atoms with Gasteiger partial charge in [-0.05, 0) is 50.6 Å². The molecule has 0 aliphatic heterocycles. The molecule has 182 valence electrons. The quantitative estimate of drug-likeness (QED) is 0.463. The molecule has 0 amide bonds. The van der Waals surface area contributed by atoms with E-state index in [1.807, 2.05) is 38.1 Å². The first-order valence-electron chi connectivity index (χ1n) is 10.7. The van der Waals surface area contributed by atoms with Crippen LogP contribution in [0, 0.1) is 13.8 Å². The fourth-order valence-electron chi connectivity index (χ4n) is 3.33. The molecule has 3 aromatic rings. The summed E-state index contributed by atoms with van der Waals surface area (Å²) in [6.07, 6.45) is 0. The molecular formula is C24H29N3O6S. The lowest BCUT2D eigenvalue weighted by molar-refractivity contribution is -0.137. The summed E-state index contributed by atoms with van der Waals surface area (Å²) >= 11 is 0. The van der Waals surface area contributed by atoms with Gasteiger partial charge in [0, 0.05) is 25.7 Å². The average molecular weight is 488 g/mol. The number of nitrogens with zero attached hydrogens (tertiary/aromatic N) is 3. The second-order valence-electron chi connectivity index (χ2n) is 8.15. The Kier molecular flexibility index (Phi) is 7.75. The number of hydrogen-bond acceptors (Lipinski definition) is 6. The minimum Gasteiger partial charge on any atom is -0.487 e. The van der Waals surface area contributed by atoms with Crippen LogP contribution in [0.3, 0.4) is 0 Å². The van der Waals surface area contributed by atoms with Crippen molar-refractivity contribution in [1.29, 1.82) is 0 Å². The highest BCUT2D eigenvalue weighted by atomic mass is 32.2. The van der Waals surface area contributed by atoms with Gasteiger partial charge in [-0.15, -0.1) is 0 Å². The minimum absolute atomic E-state index is 0.161. The Balaban J connectivity index is 1.78. The van der Waals surface area contributed by atoms with Gasteiger partial charge in [-0.2, -0.15) is 17.0 Å². The lowest BCUT2D eigenvalue weighted by Gasteiger charge is -2.29. The first-order valence-corrected chi connectivity index (χ1v) is 12.1. The highest BCUT2D eigenvalue weighted by molar-refractivity contribution is 7.86. The van der Waals surface area contributed by atoms with Crippen molar-refractivity contribution in [3.8, 4) is 17.2 Å². The molecule has 3 rings (SSSR count). The molecule has 1 heterocycles. The van der Waals surface area contributed by atoms with Crippen LogP contribution in [-0.4, -0.2) is 53.7 Å². The predicted molar refractivity (Wildman–Crippen MR) is 128 cm³/mol. The molecule has 2 aromatic carbocycles. The van der Waals surface area contributed by atoms with Crippen molar-refractivity contribution < 1.29 is 27.5 Å². The van der Waals surface area contributed by atoms with Crippen LogP contribution in [0.1, 0.15) is 35.5 Å². The van der Waals surface area contributed by atoms with E-state index in [-0.39, 0.29) is 6.61 Å². The standard InChI is InChI=1S/C24H29N3O6S/c1-16-9-11-19(12-10-16)24-25-22(18(3)33-24)15-32-21-8-6-7-20(13-21)17(2)27(14-23(28)29)34(30,31)26(4)5/h6-13,17H,14-15H2,1-5H3,(H,28,29). The molecule has 0 aliphatic rings. The molecule has 1 atom stereocenters. The molecular weight excluding hydrogens is 458 g/mol. The summed E-state index contributed by atoms with van der Waals surface area (Å²) in [6, 6.07) is 14.0. The predicted octanol–water partition coefficient (Wildman–Crippen LogP) is 3.79. The smallest absolute Gasteiger partial charge is 0.318 e. The lowest BCUT2D eigenvalue weighted by atomic mass is 10.1. The molecule has 1 unspecified atom stereocenters. The minimum atomic E-state index is -3.96. The van der Waals surface area contributed by atoms with Gasteiger partial charge in [0.25, 0.3) is 10.2 Å². The third kappa shape index (κ3) is 5.82. The summed E-state index contributed by atoms with van der Waals surface area (Å²) in [7, 11) is -1.23. The number of aliphatic carboxylic acids is 1. The summed E-state index contributed by atoms with van der Waals surface area (Å²) in [5, 5.41) is 9.25. The topological polar surface area (TPSA) is 113 Å². The van der Waals surface area contributed by atoms with E-state index in [1.54, 1.807) is 31.2 Å². The third-order valence-electron chi connectivity index (χ3n) is 5.39. The Morgan fingerprint density at radius 3 is 2.44 bits per heavy atom. The largest absolute Gasteiger partial charge is 0.487 e. The molecule has 9 nitrogen and oxygen atoms in total. The number of ether oxygens (including phenoxy) is 1. The van der Waals surface area contributed by atoms with Crippen molar-refractivity contribution in [1.82, 2.24) is 13.6 Å². The van der Waals surface area contributed by atoms with E-state index in [0.717, 1.165) is 19.7 Å². The van der Waals surface area contributed by atoms with E-state index in [4.69, 9.17) is 9.15 Å². The molecule has 0 fully saturated rings. The fraction of sp³-hybridized carbons (Fsp3) is 0.333. The zero-order chi connectivity index (χ0) is 25.0. The molecule has 1 N–H and O–H groups in total. The van der Waals surface area contributed by atoms with Crippen molar-refractivity contribution in [2.24, 2.45) is 0 Å². The van der Waals surface area contributed by atoms with Crippen LogP contribution >= 0.6 is 0 Å². The molecule has 0 aliphatic carbocycles. The first kappa shape index (κ1) is 25.4. The Morgan fingerprint density at radius 2 is 1.82 bits per heavy atom. The van der Waals surface area contributed by atoms with Crippen LogP contribution in [0.4, 0.5) is 0 Å². The summed E-state index contributed by atoms with van der Waals surface area (Å²) in [5.74, 6) is 0.415. The van der Waals surface area contributed by atoms with Crippen LogP contribution in [0.15, 0.2) is 52.9 Å². The number of aryl methyl sites for hydroxylation is 2. The van der Waals surface area contributed by atoms with Gasteiger partial charge in [-0.3, -0.25) is 4.79 Å². The zero-order valence-corrected chi connectivity index (χ0v) is 20.7. The van der Waals surface area contributed by atoms with E-state index in [1.165, 1.54) is 14.1 Å². The number of carboxylic acid groups (broad SMARTS) is 1. The second-order valence-corrected chi connectivity index (χ2v) is 10.2. The van der Waals surface area contributed by atoms with E-state index in [2.05, 4.69) is 4.98 Å². The Morgan fingerprint density at radius 1 is 1.15 bits per heavy atom. The normalized spacial score (nSPS) is 12.8. The highest BCUT2D eigenvalue weighted by Crippen LogP contribution is 2.28. The third-order valence-corrected chi connectivity index (χ3v) is 7.35. The molecule has 0 spiro atoms. The maximum atomic E-state index is 12.7. The maximum absolute atomic E-state index is 12.7. The number of benzene rings is 2. The molecule has 1 aromatic heterocycles. The molecule has 0 saturated carbocycles. The number of hydrogen-bond donors (Lipinski definition) is 1. The van der Waals surface area contributed by atoms with Crippen LogP contribution in [-0.2, 0) is 21.6 Å². The lowest BCUT2D eigenvalue weighted by Crippen LogP contribution is -2.44. The van der Waals surface area contributed by atoms with Gasteiger partial charge in [-0.1, -0.05) is 29.8 Å². The van der Waals surface area contributed by atoms with Crippen LogP contribution in [0.25, 0.3) is 11.5 Å². The number of oxazole rings is 1. The Labute approximate surface area is 199 Å². The maximum Gasteiger partial charge on any atom is 0.318 e. The summed E-state index contributed by atoms with van der Waals surface area (Å²) < 4.78 is 39.0. The van der Waals surface area contributed by atoms with Gasteiger partial charge in [0.15, 0.2) is 0 Å². The van der Waals surface area contributed by atoms with Crippen molar-refractivity contribution in [3.63, 3.8) is 0 Å². The number of carboxylic acids is 1. The zero-order valence-electron chi connectivity index (χ0n) is 19.8. The Bertz CT molecular complexity index is 1250. The van der Waals surface area contributed by atoms with Gasteiger partial charge in [0.05, 0.1) is 0 Å². The summed E-state index contributed by atoms with van der Waals surface area (Å²) in [5.41, 5.74) is 3.26. The second kappa shape index (κ2) is 10.4. The van der Waals surface area contributed by atoms with Crippen molar-refractivity contribution in [2.75, 3.05) is 20.6 Å². The van der Waals surface area contributed by atoms with Crippen molar-refractivity contribution >= 4 is 16.2 Å². The fourth-order valence-corrected chi connectivity index (χ4v) is 4.54. The molecule has 0 saturated heterocycles. The van der Waals surface area contributed by atoms with Crippen LogP contribution in [0.2, 0.25) is 0 Å². The van der Waals surface area contributed by atoms with E-state index >= 15 is 0 Å². The number of rotatable bonds is 10. The molecule has 0 bridgehead atoms. The van der Waals surface area contributed by atoms with E-state index in [0.29, 0.717) is 28.7 Å². The summed E-state index contributed by atoms with van der Waals surface area (Å²) in [6.45, 7) is 4.96. The van der Waals surface area contributed by atoms with Crippen molar-refractivity contribution in [2.45, 2.75) is 33.4 Å². The van der Waals surface area contributed by atoms with Gasteiger partial charge in [0.2, 0.25) is 5.89 Å². The van der Waals surface area contributed by atoms with Gasteiger partial charge < -0.3 is 14.3 Å². The SMILES string of the molecule is Cc1ccc(-c2nc(COc3cccc(C(C)N(CC(=O)O)S(=O)(=O)N(C)C)c3)c(C)o2)cc1. The Hall–Kier alpha value is -3.21. The molecule has 10 heteroatoms. The first-order chi connectivity index (χ1) is 16.0. The van der Waals surface area contributed by atoms with Gasteiger partial charge in [0.1, 0.15) is 30.4 Å².